The van der Waals surface area contributed by atoms with Gasteiger partial charge in [-0.05, 0) is 102 Å². The summed E-state index contributed by atoms with van der Waals surface area (Å²) in [5, 5.41) is 3.04. The number of allylic oxidation sites excluding steroid dienone is 15. The van der Waals surface area contributed by atoms with Gasteiger partial charge in [-0.25, -0.2) is 4.57 Å². The summed E-state index contributed by atoms with van der Waals surface area (Å²) >= 11 is 0. The fourth-order valence-corrected chi connectivity index (χ4v) is 8.87. The molecule has 0 aromatic rings. The van der Waals surface area contributed by atoms with E-state index >= 15 is 0 Å². The van der Waals surface area contributed by atoms with Crippen LogP contribution in [0, 0.1) is 0 Å². The molecule has 74 heavy (non-hydrogen) atoms. The number of carbonyl (C=O) groups is 2. The normalized spacial score (nSPS) is 14.4. The molecule has 0 bridgehead atoms. The molecule has 3 unspecified atom stereocenters. The van der Waals surface area contributed by atoms with Gasteiger partial charge in [0.25, 0.3) is 0 Å². The second kappa shape index (κ2) is 53.3. The maximum atomic E-state index is 13.5. The lowest BCUT2D eigenvalue weighted by Gasteiger charge is -2.27. The summed E-state index contributed by atoms with van der Waals surface area (Å²) in [7, 11) is 1.46. The van der Waals surface area contributed by atoms with Crippen molar-refractivity contribution in [3.05, 3.63) is 97.2 Å². The Morgan fingerprint density at radius 3 is 1.41 bits per heavy atom. The zero-order valence-corrected chi connectivity index (χ0v) is 49.4. The van der Waals surface area contributed by atoms with Gasteiger partial charge in [-0.3, -0.25) is 18.6 Å². The molecule has 10 heteroatoms. The van der Waals surface area contributed by atoms with Crippen molar-refractivity contribution in [2.75, 3.05) is 40.9 Å². The molecule has 0 aliphatic heterocycles. The molecule has 0 aliphatic rings. The Balaban J connectivity index is 5.34. The molecule has 0 aliphatic carbocycles. The van der Waals surface area contributed by atoms with Crippen LogP contribution in [0.1, 0.15) is 245 Å². The molecule has 3 atom stereocenters. The number of carbonyl (C=O) groups excluding carboxylic acids is 2. The summed E-state index contributed by atoms with van der Waals surface area (Å²) < 4.78 is 30.6. The largest absolute Gasteiger partial charge is 0.472 e. The smallest absolute Gasteiger partial charge is 0.456 e. The molecule has 0 saturated heterocycles. The lowest BCUT2D eigenvalue weighted by Crippen LogP contribution is -2.47. The minimum Gasteiger partial charge on any atom is -0.456 e. The first-order valence-electron chi connectivity index (χ1n) is 30.1. The van der Waals surface area contributed by atoms with Crippen molar-refractivity contribution in [1.82, 2.24) is 5.32 Å². The molecule has 0 rings (SSSR count). The molecule has 2 N–H and O–H groups in total. The van der Waals surface area contributed by atoms with Crippen molar-refractivity contribution in [3.8, 4) is 0 Å². The van der Waals surface area contributed by atoms with E-state index in [9.17, 15) is 19.0 Å². The van der Waals surface area contributed by atoms with Gasteiger partial charge >= 0.3 is 13.8 Å². The van der Waals surface area contributed by atoms with E-state index in [1.165, 1.54) is 83.5 Å². The van der Waals surface area contributed by atoms with Gasteiger partial charge in [-0.1, -0.05) is 227 Å². The van der Waals surface area contributed by atoms with E-state index in [1.54, 1.807) is 0 Å². The lowest BCUT2D eigenvalue weighted by molar-refractivity contribution is -0.870. The lowest BCUT2D eigenvalue weighted by atomic mass is 10.0. The van der Waals surface area contributed by atoms with E-state index in [-0.39, 0.29) is 31.5 Å². The molecule has 0 spiro atoms. The van der Waals surface area contributed by atoms with Crippen LogP contribution in [0.5, 0.6) is 0 Å². The summed E-state index contributed by atoms with van der Waals surface area (Å²) in [6.45, 7) is 6.83. The zero-order chi connectivity index (χ0) is 54.3. The first-order chi connectivity index (χ1) is 35.9. The third-order valence-electron chi connectivity index (χ3n) is 12.8. The second-order valence-electron chi connectivity index (χ2n) is 21.2. The van der Waals surface area contributed by atoms with Crippen molar-refractivity contribution in [2.24, 2.45) is 0 Å². The van der Waals surface area contributed by atoms with Crippen LogP contribution in [-0.4, -0.2) is 74.3 Å². The second-order valence-corrected chi connectivity index (χ2v) is 22.6. The Morgan fingerprint density at radius 2 is 0.905 bits per heavy atom. The quantitative estimate of drug-likeness (QED) is 0.0156. The van der Waals surface area contributed by atoms with Crippen LogP contribution in [0.25, 0.3) is 0 Å². The van der Waals surface area contributed by atoms with Crippen molar-refractivity contribution in [3.63, 3.8) is 0 Å². The molecule has 0 aromatic heterocycles. The number of nitrogens with one attached hydrogen (secondary N) is 1. The van der Waals surface area contributed by atoms with Crippen LogP contribution in [0.15, 0.2) is 97.2 Å². The highest BCUT2D eigenvalue weighted by Crippen LogP contribution is 2.43. The standard InChI is InChI=1S/C64H113N2O7P/c1-7-10-13-16-19-22-25-28-30-31-32-33-34-35-37-38-41-44-47-50-53-56-63(67)65-61(60-72-74(69,70)71-59-58-66(4,5)6)62(55-52-49-46-43-40-27-24-21-18-15-12-9-3)73-64(68)57-54-51-48-45-42-39-36-29-26-23-20-17-14-11-8-2/h10,13,19-20,22-23,26,28-30,32-33,35,37,52,55,61-62H,7-9,11-12,14-18,21,24-25,27,31,34,36,38-51,53-54,56-60H2,1-6H3,(H-,65,67,69,70)/p+1/b13-10-,22-19-,23-20+,29-26+,30-28-,33-32-,37-35-,55-52-. The fourth-order valence-electron chi connectivity index (χ4n) is 8.13. The molecule has 0 fully saturated rings. The van der Waals surface area contributed by atoms with Gasteiger partial charge in [0, 0.05) is 12.8 Å². The first-order valence-corrected chi connectivity index (χ1v) is 31.6. The molecule has 1 amide bonds. The minimum atomic E-state index is -4.46. The number of quaternary nitrogens is 1. The molecule has 426 valence electrons. The van der Waals surface area contributed by atoms with Gasteiger partial charge in [0.2, 0.25) is 5.91 Å². The number of phosphoric acid groups is 1. The predicted molar refractivity (Wildman–Crippen MR) is 318 cm³/mol. The highest BCUT2D eigenvalue weighted by molar-refractivity contribution is 7.47. The molecule has 0 radical (unpaired) electrons. The summed E-state index contributed by atoms with van der Waals surface area (Å²) in [6, 6.07) is -0.869. The number of hydrogen-bond acceptors (Lipinski definition) is 6. The molecule has 0 heterocycles. The number of hydrogen-bond donors (Lipinski definition) is 2. The number of esters is 1. The van der Waals surface area contributed by atoms with Crippen LogP contribution in [0.2, 0.25) is 0 Å². The number of amides is 1. The Kier molecular flexibility index (Phi) is 51.1. The van der Waals surface area contributed by atoms with Crippen LogP contribution >= 0.6 is 7.82 Å². The van der Waals surface area contributed by atoms with Crippen molar-refractivity contribution in [1.29, 1.82) is 0 Å². The van der Waals surface area contributed by atoms with Crippen molar-refractivity contribution < 1.29 is 37.3 Å². The third-order valence-corrected chi connectivity index (χ3v) is 13.8. The number of rotatable bonds is 53. The molecule has 0 saturated carbocycles. The van der Waals surface area contributed by atoms with Crippen molar-refractivity contribution in [2.45, 2.75) is 258 Å². The van der Waals surface area contributed by atoms with Crippen LogP contribution in [-0.2, 0) is 27.9 Å². The topological polar surface area (TPSA) is 111 Å². The average molecular weight is 1050 g/mol. The summed E-state index contributed by atoms with van der Waals surface area (Å²) in [5.41, 5.74) is 0. The van der Waals surface area contributed by atoms with E-state index < -0.39 is 20.0 Å². The van der Waals surface area contributed by atoms with Crippen LogP contribution in [0.3, 0.4) is 0 Å². The van der Waals surface area contributed by atoms with Gasteiger partial charge < -0.3 is 19.4 Å². The monoisotopic (exact) mass is 1050 g/mol. The highest BCUT2D eigenvalue weighted by atomic mass is 31.2. The van der Waals surface area contributed by atoms with E-state index in [2.05, 4.69) is 111 Å². The summed E-state index contributed by atoms with van der Waals surface area (Å²) in [6.07, 6.45) is 71.1. The van der Waals surface area contributed by atoms with Gasteiger partial charge in [0.05, 0.1) is 33.8 Å². The van der Waals surface area contributed by atoms with Gasteiger partial charge in [0.15, 0.2) is 0 Å². The molecular formula is C64H114N2O7P+. The number of ether oxygens (including phenoxy) is 1. The Labute approximate surface area is 456 Å². The fraction of sp³-hybridized carbons (Fsp3) is 0.719. The van der Waals surface area contributed by atoms with Crippen LogP contribution < -0.4 is 5.32 Å². The van der Waals surface area contributed by atoms with Gasteiger partial charge in [-0.15, -0.1) is 0 Å². The Bertz CT molecular complexity index is 1590. The maximum Gasteiger partial charge on any atom is 0.472 e. The number of nitrogens with zero attached hydrogens (tertiary/aromatic N) is 1. The van der Waals surface area contributed by atoms with Gasteiger partial charge in [-0.2, -0.15) is 0 Å². The number of likely N-dealkylation sites (N-methyl/N-ethyl adjacent to an activating group) is 1. The van der Waals surface area contributed by atoms with Crippen molar-refractivity contribution >= 4 is 19.7 Å². The maximum absolute atomic E-state index is 13.5. The highest BCUT2D eigenvalue weighted by Gasteiger charge is 2.30. The molecule has 0 aromatic carbocycles. The molecule has 9 nitrogen and oxygen atoms in total. The van der Waals surface area contributed by atoms with E-state index in [1.807, 2.05) is 33.3 Å². The first kappa shape index (κ1) is 70.9. The average Bonchev–Trinajstić information content (AvgIpc) is 3.36. The predicted octanol–water partition coefficient (Wildman–Crippen LogP) is 18.4. The van der Waals surface area contributed by atoms with Crippen LogP contribution in [0.4, 0.5) is 0 Å². The Morgan fingerprint density at radius 1 is 0.500 bits per heavy atom. The van der Waals surface area contributed by atoms with E-state index in [4.69, 9.17) is 13.8 Å². The third kappa shape index (κ3) is 53.7. The summed E-state index contributed by atoms with van der Waals surface area (Å²) in [5.74, 6) is -0.545. The SMILES string of the molecule is CC/C=C\C/C=C\C/C=C\C/C=C\C/C=C\CCCCCCCC(=O)NC(COP(=O)(O)OCC[N+](C)(C)C)C(/C=C\CCCCCCCCCCCC)OC(=O)CCCCCCCC/C=C/C=C/CCCCC. The number of phosphoric ester groups is 1. The van der Waals surface area contributed by atoms with Gasteiger partial charge in [0.1, 0.15) is 19.3 Å². The minimum absolute atomic E-state index is 0.0295. The van der Waals surface area contributed by atoms with E-state index in [0.717, 1.165) is 128 Å². The zero-order valence-electron chi connectivity index (χ0n) is 48.6. The number of unbranched alkanes of at least 4 members (excludes halogenated alkanes) is 24. The van der Waals surface area contributed by atoms with E-state index in [0.29, 0.717) is 17.4 Å². The molecular weight excluding hydrogens is 940 g/mol. The summed E-state index contributed by atoms with van der Waals surface area (Å²) in [4.78, 5) is 37.7. The Hall–Kier alpha value is -3.07.